The predicted molar refractivity (Wildman–Crippen MR) is 44.5 cm³/mol. The van der Waals surface area contributed by atoms with Crippen molar-refractivity contribution >= 4 is 12.4 Å². The number of nitrogens with zero attached hydrogens (tertiary/aromatic N) is 2. The molecule has 0 N–H and O–H groups in total. The summed E-state index contributed by atoms with van der Waals surface area (Å²) >= 11 is 0. The van der Waals surface area contributed by atoms with Crippen LogP contribution in [0, 0.1) is 0 Å². The summed E-state index contributed by atoms with van der Waals surface area (Å²) in [6.07, 6.45) is 13.5. The molecule has 0 radical (unpaired) electrons. The highest BCUT2D eigenvalue weighted by Gasteiger charge is 1.75. The normalized spacial score (nSPS) is 17.6. The van der Waals surface area contributed by atoms with Crippen LogP contribution in [0.1, 0.15) is 12.8 Å². The summed E-state index contributed by atoms with van der Waals surface area (Å²) in [5.74, 6) is 0. The zero-order valence-corrected chi connectivity index (χ0v) is 5.77. The van der Waals surface area contributed by atoms with Crippen molar-refractivity contribution in [3.05, 3.63) is 24.3 Å². The fourth-order valence-electron chi connectivity index (χ4n) is 0.661. The van der Waals surface area contributed by atoms with Gasteiger partial charge in [0.15, 0.2) is 0 Å². The summed E-state index contributed by atoms with van der Waals surface area (Å²) in [5, 5.41) is 7.48. The minimum Gasteiger partial charge on any atom is -0.159 e. The first-order chi connectivity index (χ1) is 5.00. The topological polar surface area (TPSA) is 24.7 Å². The molecule has 2 heteroatoms. The third-order valence-corrected chi connectivity index (χ3v) is 1.14. The van der Waals surface area contributed by atoms with Gasteiger partial charge in [-0.3, -0.25) is 0 Å². The van der Waals surface area contributed by atoms with Crippen molar-refractivity contribution in [2.24, 2.45) is 10.2 Å². The Morgan fingerprint density at radius 1 is 0.800 bits per heavy atom. The Labute approximate surface area is 60.7 Å². The Balaban J connectivity index is 2.53. The number of allylic oxidation sites excluding steroid dienone is 4. The smallest absolute Gasteiger partial charge is 0.0492 e. The summed E-state index contributed by atoms with van der Waals surface area (Å²) in [6.45, 7) is 0. The van der Waals surface area contributed by atoms with Gasteiger partial charge >= 0.3 is 0 Å². The van der Waals surface area contributed by atoms with Crippen molar-refractivity contribution in [2.75, 3.05) is 0 Å². The van der Waals surface area contributed by atoms with Crippen molar-refractivity contribution in [1.29, 1.82) is 0 Å². The molecule has 0 aromatic heterocycles. The fourth-order valence-corrected chi connectivity index (χ4v) is 0.661. The summed E-state index contributed by atoms with van der Waals surface area (Å²) in [5.41, 5.74) is 0. The molecule has 0 unspecified atom stereocenters. The monoisotopic (exact) mass is 134 g/mol. The van der Waals surface area contributed by atoms with Crippen LogP contribution in [0.2, 0.25) is 0 Å². The lowest BCUT2D eigenvalue weighted by Crippen LogP contribution is -1.71. The molecule has 0 amide bonds. The van der Waals surface area contributed by atoms with Crippen LogP contribution in [0.15, 0.2) is 34.5 Å². The quantitative estimate of drug-likeness (QED) is 0.483. The van der Waals surface area contributed by atoms with E-state index in [4.69, 9.17) is 0 Å². The molecule has 1 aliphatic heterocycles. The second-order valence-electron chi connectivity index (χ2n) is 1.96. The average Bonchev–Trinajstić information content (AvgIpc) is 2.01. The van der Waals surface area contributed by atoms with Crippen LogP contribution >= 0.6 is 0 Å². The van der Waals surface area contributed by atoms with Gasteiger partial charge in [-0.25, -0.2) is 0 Å². The van der Waals surface area contributed by atoms with Gasteiger partial charge in [-0.2, -0.15) is 10.2 Å². The highest BCUT2D eigenvalue weighted by molar-refractivity contribution is 5.74. The first-order valence-electron chi connectivity index (χ1n) is 3.37. The minimum absolute atomic E-state index is 1.08. The number of hydrogen-bond donors (Lipinski definition) is 0. The largest absolute Gasteiger partial charge is 0.159 e. The molecular formula is C8H10N2. The second-order valence-corrected chi connectivity index (χ2v) is 1.96. The molecule has 2 nitrogen and oxygen atoms in total. The molecule has 1 aliphatic rings. The second kappa shape index (κ2) is 4.68. The van der Waals surface area contributed by atoms with Crippen LogP contribution in [-0.2, 0) is 0 Å². The SMILES string of the molecule is C1=CCCC=CC=NN=C1. The van der Waals surface area contributed by atoms with Crippen LogP contribution in [0.4, 0.5) is 0 Å². The molecule has 52 valence electrons. The molecule has 0 aliphatic carbocycles. The fraction of sp³-hybridized carbons (Fsp3) is 0.250. The van der Waals surface area contributed by atoms with E-state index in [0.29, 0.717) is 0 Å². The van der Waals surface area contributed by atoms with E-state index in [2.05, 4.69) is 22.4 Å². The average molecular weight is 134 g/mol. The van der Waals surface area contributed by atoms with Gasteiger partial charge in [0.1, 0.15) is 0 Å². The Morgan fingerprint density at radius 3 is 1.80 bits per heavy atom. The summed E-state index contributed by atoms with van der Waals surface area (Å²) in [4.78, 5) is 0. The first-order valence-corrected chi connectivity index (χ1v) is 3.37. The van der Waals surface area contributed by atoms with E-state index in [1.54, 1.807) is 12.4 Å². The van der Waals surface area contributed by atoms with Crippen molar-refractivity contribution < 1.29 is 0 Å². The molecular weight excluding hydrogens is 124 g/mol. The Kier molecular flexibility index (Phi) is 3.24. The van der Waals surface area contributed by atoms with E-state index >= 15 is 0 Å². The molecule has 0 atom stereocenters. The highest BCUT2D eigenvalue weighted by atomic mass is 15.2. The van der Waals surface area contributed by atoms with E-state index in [1.807, 2.05) is 12.2 Å². The van der Waals surface area contributed by atoms with Gasteiger partial charge in [-0.05, 0) is 25.0 Å². The lowest BCUT2D eigenvalue weighted by molar-refractivity contribution is 1.05. The molecule has 0 saturated carbocycles. The molecule has 0 saturated heterocycles. The van der Waals surface area contributed by atoms with Crippen LogP contribution < -0.4 is 0 Å². The Hall–Kier alpha value is -1.18. The van der Waals surface area contributed by atoms with E-state index < -0.39 is 0 Å². The van der Waals surface area contributed by atoms with E-state index in [9.17, 15) is 0 Å². The minimum atomic E-state index is 1.08. The number of rotatable bonds is 0. The number of hydrogen-bond acceptors (Lipinski definition) is 2. The van der Waals surface area contributed by atoms with Crippen molar-refractivity contribution in [3.63, 3.8) is 0 Å². The van der Waals surface area contributed by atoms with Gasteiger partial charge in [0.05, 0.1) is 0 Å². The maximum Gasteiger partial charge on any atom is 0.0492 e. The lowest BCUT2D eigenvalue weighted by Gasteiger charge is -1.84. The predicted octanol–water partition coefficient (Wildman–Crippen LogP) is 1.95. The molecule has 1 rings (SSSR count). The van der Waals surface area contributed by atoms with Crippen LogP contribution in [0.3, 0.4) is 0 Å². The van der Waals surface area contributed by atoms with Crippen molar-refractivity contribution in [1.82, 2.24) is 0 Å². The standard InChI is InChI=1S/C8H10N2/c1-2-4-6-8-10-9-7-5-3-1/h3-8H,1-2H2. The van der Waals surface area contributed by atoms with Gasteiger partial charge in [-0.15, -0.1) is 0 Å². The van der Waals surface area contributed by atoms with Crippen molar-refractivity contribution in [2.45, 2.75) is 12.8 Å². The molecule has 0 spiro atoms. The van der Waals surface area contributed by atoms with Gasteiger partial charge in [0, 0.05) is 12.4 Å². The molecule has 0 fully saturated rings. The van der Waals surface area contributed by atoms with Crippen LogP contribution in [0.5, 0.6) is 0 Å². The van der Waals surface area contributed by atoms with Gasteiger partial charge in [-0.1, -0.05) is 12.2 Å². The third kappa shape index (κ3) is 2.97. The molecule has 0 aromatic rings. The highest BCUT2D eigenvalue weighted by Crippen LogP contribution is 1.92. The Bertz CT molecular complexity index is 165. The Morgan fingerprint density at radius 2 is 1.30 bits per heavy atom. The summed E-state index contributed by atoms with van der Waals surface area (Å²) in [6, 6.07) is 0. The molecule has 10 heavy (non-hydrogen) atoms. The maximum absolute atomic E-state index is 3.74. The van der Waals surface area contributed by atoms with Gasteiger partial charge < -0.3 is 0 Å². The van der Waals surface area contributed by atoms with E-state index in [0.717, 1.165) is 12.8 Å². The summed E-state index contributed by atoms with van der Waals surface area (Å²) < 4.78 is 0. The molecule has 1 heterocycles. The third-order valence-electron chi connectivity index (χ3n) is 1.14. The lowest BCUT2D eigenvalue weighted by atomic mass is 10.3. The van der Waals surface area contributed by atoms with E-state index in [1.165, 1.54) is 0 Å². The molecule has 0 aromatic carbocycles. The van der Waals surface area contributed by atoms with Gasteiger partial charge in [0.25, 0.3) is 0 Å². The van der Waals surface area contributed by atoms with Crippen molar-refractivity contribution in [3.8, 4) is 0 Å². The summed E-state index contributed by atoms with van der Waals surface area (Å²) in [7, 11) is 0. The maximum atomic E-state index is 3.74. The van der Waals surface area contributed by atoms with E-state index in [-0.39, 0.29) is 0 Å². The van der Waals surface area contributed by atoms with Crippen LogP contribution in [-0.4, -0.2) is 12.4 Å². The van der Waals surface area contributed by atoms with Crippen LogP contribution in [0.25, 0.3) is 0 Å². The zero-order valence-electron chi connectivity index (χ0n) is 5.77. The zero-order chi connectivity index (χ0) is 7.07. The molecule has 0 bridgehead atoms. The first kappa shape index (κ1) is 6.93. The van der Waals surface area contributed by atoms with Gasteiger partial charge in [0.2, 0.25) is 0 Å².